The predicted octanol–water partition coefficient (Wildman–Crippen LogP) is 3.47. The van der Waals surface area contributed by atoms with E-state index in [1.165, 1.54) is 0 Å². The van der Waals surface area contributed by atoms with Crippen LogP contribution < -0.4 is 10.1 Å². The number of anilines is 1. The van der Waals surface area contributed by atoms with Gasteiger partial charge < -0.3 is 10.1 Å². The zero-order valence-corrected chi connectivity index (χ0v) is 12.5. The fourth-order valence-electron chi connectivity index (χ4n) is 1.86. The highest BCUT2D eigenvalue weighted by atomic mass is 32.1. The molecule has 21 heavy (non-hydrogen) atoms. The van der Waals surface area contributed by atoms with Crippen LogP contribution in [0.1, 0.15) is 11.8 Å². The molecule has 0 aliphatic carbocycles. The molecule has 2 rings (SSSR count). The molecule has 4 nitrogen and oxygen atoms in total. The Labute approximate surface area is 128 Å². The first-order valence-corrected chi connectivity index (χ1v) is 7.56. The molecule has 1 aromatic heterocycles. The Kier molecular flexibility index (Phi) is 5.35. The molecule has 0 fully saturated rings. The van der Waals surface area contributed by atoms with Crippen molar-refractivity contribution in [1.29, 1.82) is 5.26 Å². The van der Waals surface area contributed by atoms with Crippen molar-refractivity contribution in [3.63, 3.8) is 0 Å². The number of nitriles is 1. The maximum atomic E-state index is 12.1. The first-order chi connectivity index (χ1) is 10.2. The Morgan fingerprint density at radius 2 is 2.14 bits per heavy atom. The molecule has 0 bridgehead atoms. The number of amides is 1. The summed E-state index contributed by atoms with van der Waals surface area (Å²) in [5, 5.41) is 13.9. The summed E-state index contributed by atoms with van der Waals surface area (Å²) in [7, 11) is 0. The third kappa shape index (κ3) is 4.33. The number of thiophene rings is 1. The Hall–Kier alpha value is -2.32. The zero-order valence-electron chi connectivity index (χ0n) is 11.7. The van der Waals surface area contributed by atoms with Gasteiger partial charge in [-0.2, -0.15) is 5.26 Å². The Bertz CT molecular complexity index is 615. The molecule has 1 aromatic carbocycles. The second kappa shape index (κ2) is 7.46. The van der Waals surface area contributed by atoms with Crippen molar-refractivity contribution in [3.8, 4) is 11.8 Å². The van der Waals surface area contributed by atoms with E-state index in [0.29, 0.717) is 18.7 Å². The number of carbonyl (C=O) groups is 1. The van der Waals surface area contributed by atoms with Crippen LogP contribution in [-0.2, 0) is 11.2 Å². The van der Waals surface area contributed by atoms with Gasteiger partial charge in [0.2, 0.25) is 5.91 Å². The molecule has 5 heteroatoms. The van der Waals surface area contributed by atoms with Crippen LogP contribution in [-0.4, -0.2) is 12.5 Å². The topological polar surface area (TPSA) is 62.1 Å². The van der Waals surface area contributed by atoms with Crippen molar-refractivity contribution in [1.82, 2.24) is 0 Å². The maximum absolute atomic E-state index is 12.1. The maximum Gasteiger partial charge on any atom is 0.242 e. The Balaban J connectivity index is 1.97. The molecule has 1 heterocycles. The minimum absolute atomic E-state index is 0.282. The quantitative estimate of drug-likeness (QED) is 0.888. The van der Waals surface area contributed by atoms with Gasteiger partial charge in [-0.1, -0.05) is 6.07 Å². The minimum Gasteiger partial charge on any atom is -0.494 e. The number of hydrogen-bond donors (Lipinski definition) is 1. The van der Waals surface area contributed by atoms with Gasteiger partial charge in [0.05, 0.1) is 12.7 Å². The number of nitrogens with one attached hydrogen (secondary N) is 1. The molecule has 0 aliphatic heterocycles. The zero-order chi connectivity index (χ0) is 15.1. The van der Waals surface area contributed by atoms with Gasteiger partial charge in [-0.25, -0.2) is 0 Å². The average molecular weight is 300 g/mol. The van der Waals surface area contributed by atoms with Crippen molar-refractivity contribution >= 4 is 22.9 Å². The van der Waals surface area contributed by atoms with Gasteiger partial charge in [0.15, 0.2) is 0 Å². The molecular formula is C16H16N2O2S. The van der Waals surface area contributed by atoms with Gasteiger partial charge in [0.25, 0.3) is 0 Å². The highest BCUT2D eigenvalue weighted by Crippen LogP contribution is 2.18. The van der Waals surface area contributed by atoms with E-state index >= 15 is 0 Å². The second-order valence-corrected chi connectivity index (χ2v) is 5.44. The largest absolute Gasteiger partial charge is 0.494 e. The first-order valence-electron chi connectivity index (χ1n) is 6.68. The van der Waals surface area contributed by atoms with Crippen LogP contribution in [0.25, 0.3) is 0 Å². The van der Waals surface area contributed by atoms with Gasteiger partial charge in [0, 0.05) is 17.0 Å². The van der Waals surface area contributed by atoms with Crippen LogP contribution in [0, 0.1) is 17.2 Å². The summed E-state index contributed by atoms with van der Waals surface area (Å²) < 4.78 is 5.34. The summed E-state index contributed by atoms with van der Waals surface area (Å²) in [6, 6.07) is 13.0. The summed E-state index contributed by atoms with van der Waals surface area (Å²) in [5.41, 5.74) is 0.662. The monoisotopic (exact) mass is 300 g/mol. The molecule has 0 spiro atoms. The van der Waals surface area contributed by atoms with Crippen LogP contribution >= 0.6 is 11.3 Å². The molecule has 1 unspecified atom stereocenters. The lowest BCUT2D eigenvalue weighted by Crippen LogP contribution is -2.23. The number of ether oxygens (including phenoxy) is 1. The molecule has 1 amide bonds. The molecule has 2 aromatic rings. The SMILES string of the molecule is CCOc1ccc(NC(=O)C(C#N)Cc2cccs2)cc1. The highest BCUT2D eigenvalue weighted by molar-refractivity contribution is 7.09. The number of benzene rings is 1. The third-order valence-corrected chi connectivity index (χ3v) is 3.79. The van der Waals surface area contributed by atoms with Crippen LogP contribution in [0.15, 0.2) is 41.8 Å². The van der Waals surface area contributed by atoms with Crippen LogP contribution in [0.3, 0.4) is 0 Å². The van der Waals surface area contributed by atoms with Gasteiger partial charge in [0.1, 0.15) is 11.7 Å². The molecule has 0 aliphatic rings. The van der Waals surface area contributed by atoms with Gasteiger partial charge >= 0.3 is 0 Å². The average Bonchev–Trinajstić information content (AvgIpc) is 3.00. The van der Waals surface area contributed by atoms with Crippen molar-refractivity contribution in [2.45, 2.75) is 13.3 Å². The second-order valence-electron chi connectivity index (χ2n) is 4.41. The van der Waals surface area contributed by atoms with Crippen LogP contribution in [0.4, 0.5) is 5.69 Å². The van der Waals surface area contributed by atoms with E-state index < -0.39 is 5.92 Å². The van der Waals surface area contributed by atoms with Crippen molar-refractivity contribution in [2.24, 2.45) is 5.92 Å². The van der Waals surface area contributed by atoms with E-state index in [1.54, 1.807) is 35.6 Å². The third-order valence-electron chi connectivity index (χ3n) is 2.89. The summed E-state index contributed by atoms with van der Waals surface area (Å²) in [6.07, 6.45) is 0.441. The van der Waals surface area contributed by atoms with Gasteiger partial charge in [-0.05, 0) is 42.6 Å². The highest BCUT2D eigenvalue weighted by Gasteiger charge is 2.19. The fourth-order valence-corrected chi connectivity index (χ4v) is 2.61. The van der Waals surface area contributed by atoms with Crippen molar-refractivity contribution in [2.75, 3.05) is 11.9 Å². The van der Waals surface area contributed by atoms with Crippen LogP contribution in [0.2, 0.25) is 0 Å². The molecule has 0 radical (unpaired) electrons. The van der Waals surface area contributed by atoms with E-state index in [9.17, 15) is 4.79 Å². The molecule has 0 saturated carbocycles. The van der Waals surface area contributed by atoms with E-state index in [0.717, 1.165) is 10.6 Å². The normalized spacial score (nSPS) is 11.4. The predicted molar refractivity (Wildman–Crippen MR) is 83.4 cm³/mol. The molecule has 0 saturated heterocycles. The van der Waals surface area contributed by atoms with Crippen molar-refractivity contribution in [3.05, 3.63) is 46.7 Å². The standard InChI is InChI=1S/C16H16N2O2S/c1-2-20-14-7-5-13(6-8-14)18-16(19)12(11-17)10-15-4-3-9-21-15/h3-9,12H,2,10H2,1H3,(H,18,19). The number of carbonyl (C=O) groups excluding carboxylic acids is 1. The number of hydrogen-bond acceptors (Lipinski definition) is 4. The lowest BCUT2D eigenvalue weighted by molar-refractivity contribution is -0.118. The molecule has 108 valence electrons. The smallest absolute Gasteiger partial charge is 0.242 e. The first kappa shape index (κ1) is 15.1. The molecular weight excluding hydrogens is 284 g/mol. The molecule has 1 atom stereocenters. The van der Waals surface area contributed by atoms with Gasteiger partial charge in [-0.15, -0.1) is 11.3 Å². The summed E-state index contributed by atoms with van der Waals surface area (Å²) >= 11 is 1.55. The molecule has 1 N–H and O–H groups in total. The van der Waals surface area contributed by atoms with Crippen molar-refractivity contribution < 1.29 is 9.53 Å². The van der Waals surface area contributed by atoms with E-state index in [2.05, 4.69) is 11.4 Å². The Morgan fingerprint density at radius 1 is 1.38 bits per heavy atom. The summed E-state index contributed by atoms with van der Waals surface area (Å²) in [5.74, 6) is -0.212. The number of nitrogens with zero attached hydrogens (tertiary/aromatic N) is 1. The Morgan fingerprint density at radius 3 is 2.71 bits per heavy atom. The number of rotatable bonds is 6. The lowest BCUT2D eigenvalue weighted by atomic mass is 10.1. The summed E-state index contributed by atoms with van der Waals surface area (Å²) in [4.78, 5) is 13.2. The lowest BCUT2D eigenvalue weighted by Gasteiger charge is -2.10. The fraction of sp³-hybridized carbons (Fsp3) is 0.250. The minimum atomic E-state index is -0.685. The van der Waals surface area contributed by atoms with E-state index in [-0.39, 0.29) is 5.91 Å². The van der Waals surface area contributed by atoms with E-state index in [1.807, 2.05) is 24.4 Å². The van der Waals surface area contributed by atoms with E-state index in [4.69, 9.17) is 10.00 Å². The van der Waals surface area contributed by atoms with Gasteiger partial charge in [-0.3, -0.25) is 4.79 Å². The van der Waals surface area contributed by atoms with Crippen LogP contribution in [0.5, 0.6) is 5.75 Å². The summed E-state index contributed by atoms with van der Waals surface area (Å²) in [6.45, 7) is 2.51.